The summed E-state index contributed by atoms with van der Waals surface area (Å²) in [5, 5.41) is 10.4. The summed E-state index contributed by atoms with van der Waals surface area (Å²) in [6, 6.07) is 6.79. The molecule has 1 saturated carbocycles. The van der Waals surface area contributed by atoms with Gasteiger partial charge in [0.15, 0.2) is 11.5 Å². The lowest BCUT2D eigenvalue weighted by atomic mass is 9.65. The van der Waals surface area contributed by atoms with Crippen molar-refractivity contribution in [1.82, 2.24) is 0 Å². The molecule has 1 N–H and O–H groups in total. The third kappa shape index (κ3) is 2.52. The number of hydrogen-bond donors (Lipinski definition) is 1. The van der Waals surface area contributed by atoms with E-state index in [-0.39, 0.29) is 17.5 Å². The zero-order chi connectivity index (χ0) is 16.6. The number of carbonyl (C=O) groups is 2. The molecular formula is C20H24O3. The third-order valence-corrected chi connectivity index (χ3v) is 6.09. The first-order chi connectivity index (χ1) is 11.0. The molecule has 122 valence electrons. The van der Waals surface area contributed by atoms with Crippen LogP contribution in [0.5, 0.6) is 0 Å². The first-order valence-electron chi connectivity index (χ1n) is 8.64. The number of Topliss-reactive ketones (excluding diaryl/α,β-unsaturated/α-hetero) is 2. The van der Waals surface area contributed by atoms with Crippen molar-refractivity contribution in [3.8, 4) is 0 Å². The van der Waals surface area contributed by atoms with E-state index in [0.717, 1.165) is 38.5 Å². The van der Waals surface area contributed by atoms with Crippen LogP contribution in [0.3, 0.4) is 0 Å². The van der Waals surface area contributed by atoms with Gasteiger partial charge >= 0.3 is 0 Å². The zero-order valence-electron chi connectivity index (χ0n) is 13.9. The van der Waals surface area contributed by atoms with Gasteiger partial charge in [-0.25, -0.2) is 0 Å². The number of fused-ring (bicyclic) bond motifs is 1. The second-order valence-corrected chi connectivity index (χ2v) is 6.95. The summed E-state index contributed by atoms with van der Waals surface area (Å²) in [5.74, 6) is -0.883. The van der Waals surface area contributed by atoms with Gasteiger partial charge in [0.1, 0.15) is 0 Å². The van der Waals surface area contributed by atoms with Crippen LogP contribution in [-0.2, 0) is 0 Å². The molecular weight excluding hydrogens is 288 g/mol. The number of allylic oxidation sites excluding steroid dienone is 2. The van der Waals surface area contributed by atoms with Crippen LogP contribution in [0, 0.1) is 11.3 Å². The molecule has 0 aromatic heterocycles. The van der Waals surface area contributed by atoms with Crippen molar-refractivity contribution in [2.75, 3.05) is 0 Å². The van der Waals surface area contributed by atoms with Crippen LogP contribution < -0.4 is 0 Å². The van der Waals surface area contributed by atoms with Crippen molar-refractivity contribution < 1.29 is 14.7 Å². The Hall–Kier alpha value is -1.90. The van der Waals surface area contributed by atoms with Gasteiger partial charge in [-0.3, -0.25) is 9.59 Å². The molecule has 0 spiro atoms. The van der Waals surface area contributed by atoms with Crippen molar-refractivity contribution in [1.29, 1.82) is 0 Å². The van der Waals surface area contributed by atoms with E-state index in [2.05, 4.69) is 13.8 Å². The molecule has 0 bridgehead atoms. The molecule has 1 aromatic carbocycles. The standard InChI is InChI=1S/C20H24O3/c1-3-20(4-2)11-9-13(10-12-20)16-17(21)14-7-5-6-8-15(14)18(22)19(16)23/h5-8,13,23H,3-4,9-12H2,1-2H3. The topological polar surface area (TPSA) is 54.4 Å². The van der Waals surface area contributed by atoms with Crippen molar-refractivity contribution >= 4 is 11.6 Å². The highest BCUT2D eigenvalue weighted by molar-refractivity contribution is 6.26. The van der Waals surface area contributed by atoms with Gasteiger partial charge in [-0.1, -0.05) is 51.0 Å². The van der Waals surface area contributed by atoms with Crippen LogP contribution in [0.4, 0.5) is 0 Å². The van der Waals surface area contributed by atoms with Crippen LogP contribution >= 0.6 is 0 Å². The summed E-state index contributed by atoms with van der Waals surface area (Å²) in [4.78, 5) is 25.2. The Balaban J connectivity index is 1.91. The van der Waals surface area contributed by atoms with Crippen LogP contribution in [-0.4, -0.2) is 16.7 Å². The highest BCUT2D eigenvalue weighted by atomic mass is 16.3. The van der Waals surface area contributed by atoms with Gasteiger partial charge in [0.2, 0.25) is 5.78 Å². The fraction of sp³-hybridized carbons (Fsp3) is 0.500. The molecule has 0 aliphatic heterocycles. The Morgan fingerprint density at radius 2 is 1.52 bits per heavy atom. The lowest BCUT2D eigenvalue weighted by molar-refractivity contribution is 0.0895. The second kappa shape index (κ2) is 5.95. The van der Waals surface area contributed by atoms with E-state index in [1.807, 2.05) is 0 Å². The number of aliphatic hydroxyl groups is 1. The summed E-state index contributed by atoms with van der Waals surface area (Å²) in [7, 11) is 0. The Morgan fingerprint density at radius 1 is 1.00 bits per heavy atom. The maximum absolute atomic E-state index is 12.8. The monoisotopic (exact) mass is 312 g/mol. The molecule has 0 unspecified atom stereocenters. The van der Waals surface area contributed by atoms with Gasteiger partial charge < -0.3 is 5.11 Å². The van der Waals surface area contributed by atoms with Crippen LogP contribution in [0.15, 0.2) is 35.6 Å². The van der Waals surface area contributed by atoms with E-state index in [9.17, 15) is 14.7 Å². The molecule has 0 radical (unpaired) electrons. The number of carbonyl (C=O) groups excluding carboxylic acids is 2. The minimum Gasteiger partial charge on any atom is -0.504 e. The predicted molar refractivity (Wildman–Crippen MR) is 89.7 cm³/mol. The average molecular weight is 312 g/mol. The van der Waals surface area contributed by atoms with Crippen molar-refractivity contribution in [3.63, 3.8) is 0 Å². The molecule has 1 aromatic rings. The zero-order valence-corrected chi connectivity index (χ0v) is 13.9. The maximum Gasteiger partial charge on any atom is 0.228 e. The largest absolute Gasteiger partial charge is 0.504 e. The number of benzene rings is 1. The quantitative estimate of drug-likeness (QED) is 0.866. The Bertz CT molecular complexity index is 670. The summed E-state index contributed by atoms with van der Waals surface area (Å²) in [6.45, 7) is 4.46. The van der Waals surface area contributed by atoms with Gasteiger partial charge in [-0.15, -0.1) is 0 Å². The van der Waals surface area contributed by atoms with Crippen LogP contribution in [0.1, 0.15) is 73.1 Å². The first kappa shape index (κ1) is 16.0. The molecule has 2 aliphatic rings. The summed E-state index contributed by atoms with van der Waals surface area (Å²) >= 11 is 0. The molecule has 23 heavy (non-hydrogen) atoms. The number of aliphatic hydroxyl groups excluding tert-OH is 1. The number of rotatable bonds is 3. The lowest BCUT2D eigenvalue weighted by Crippen LogP contribution is -2.32. The van der Waals surface area contributed by atoms with Crippen LogP contribution in [0.25, 0.3) is 0 Å². The number of ketones is 2. The van der Waals surface area contributed by atoms with E-state index in [1.165, 1.54) is 0 Å². The van der Waals surface area contributed by atoms with E-state index in [0.29, 0.717) is 22.1 Å². The van der Waals surface area contributed by atoms with Crippen molar-refractivity contribution in [2.24, 2.45) is 11.3 Å². The first-order valence-corrected chi connectivity index (χ1v) is 8.64. The SMILES string of the molecule is CCC1(CC)CCC(C2=C(O)C(=O)c3ccccc3C2=O)CC1. The third-order valence-electron chi connectivity index (χ3n) is 6.09. The van der Waals surface area contributed by atoms with Gasteiger partial charge in [-0.2, -0.15) is 0 Å². The summed E-state index contributed by atoms with van der Waals surface area (Å²) in [6.07, 6.45) is 6.17. The second-order valence-electron chi connectivity index (χ2n) is 6.95. The van der Waals surface area contributed by atoms with E-state index in [1.54, 1.807) is 24.3 Å². The molecule has 0 heterocycles. The predicted octanol–water partition coefficient (Wildman–Crippen LogP) is 4.87. The van der Waals surface area contributed by atoms with Gasteiger partial charge in [0.05, 0.1) is 0 Å². The minimum absolute atomic E-state index is 0.00558. The fourth-order valence-electron chi connectivity index (χ4n) is 4.24. The van der Waals surface area contributed by atoms with E-state index >= 15 is 0 Å². The van der Waals surface area contributed by atoms with Crippen LogP contribution in [0.2, 0.25) is 0 Å². The molecule has 1 fully saturated rings. The Kier molecular flexibility index (Phi) is 4.13. The van der Waals surface area contributed by atoms with Gasteiger partial charge in [-0.05, 0) is 37.0 Å². The Morgan fingerprint density at radius 3 is 2.04 bits per heavy atom. The van der Waals surface area contributed by atoms with Crippen molar-refractivity contribution in [2.45, 2.75) is 52.4 Å². The molecule has 0 saturated heterocycles. The number of hydrogen-bond acceptors (Lipinski definition) is 3. The Labute approximate surface area is 137 Å². The van der Waals surface area contributed by atoms with Gasteiger partial charge in [0, 0.05) is 16.7 Å². The minimum atomic E-state index is -0.405. The molecule has 2 aliphatic carbocycles. The maximum atomic E-state index is 12.8. The molecule has 3 rings (SSSR count). The molecule has 0 atom stereocenters. The van der Waals surface area contributed by atoms with Crippen molar-refractivity contribution in [3.05, 3.63) is 46.7 Å². The molecule has 3 heteroatoms. The smallest absolute Gasteiger partial charge is 0.228 e. The molecule has 3 nitrogen and oxygen atoms in total. The average Bonchev–Trinajstić information content (AvgIpc) is 2.61. The van der Waals surface area contributed by atoms with E-state index in [4.69, 9.17) is 0 Å². The highest BCUT2D eigenvalue weighted by Crippen LogP contribution is 2.47. The molecule has 0 amide bonds. The lowest BCUT2D eigenvalue weighted by Gasteiger charge is -2.40. The summed E-state index contributed by atoms with van der Waals surface area (Å²) in [5.41, 5.74) is 1.49. The van der Waals surface area contributed by atoms with Gasteiger partial charge in [0.25, 0.3) is 0 Å². The fourth-order valence-corrected chi connectivity index (χ4v) is 4.24. The summed E-state index contributed by atoms with van der Waals surface area (Å²) < 4.78 is 0. The van der Waals surface area contributed by atoms with E-state index < -0.39 is 5.78 Å². The normalized spacial score (nSPS) is 21.5. The highest BCUT2D eigenvalue weighted by Gasteiger charge is 2.40.